The average Bonchev–Trinajstić information content (AvgIpc) is 3.27. The van der Waals surface area contributed by atoms with Crippen LogP contribution in [-0.2, 0) is 4.79 Å². The number of ether oxygens (including phenoxy) is 1. The fraction of sp³-hybridized carbons (Fsp3) is 0.0500. The van der Waals surface area contributed by atoms with E-state index in [9.17, 15) is 4.79 Å². The van der Waals surface area contributed by atoms with Crippen molar-refractivity contribution in [2.24, 2.45) is 0 Å². The Bertz CT molecular complexity index is 1030. The molecule has 134 valence electrons. The lowest BCUT2D eigenvalue weighted by molar-refractivity contribution is -0.113. The number of nitrogens with one attached hydrogen (secondary N) is 1. The molecule has 0 spiro atoms. The normalized spacial score (nSPS) is 15.6. The molecule has 1 aromatic heterocycles. The second-order valence-corrected chi connectivity index (χ2v) is 7.58. The van der Waals surface area contributed by atoms with Gasteiger partial charge in [-0.2, -0.15) is 0 Å². The largest absolute Gasteiger partial charge is 0.497 e. The highest BCUT2D eigenvalue weighted by Crippen LogP contribution is 2.38. The number of nitrogens with zero attached hydrogens (tertiary/aromatic N) is 2. The van der Waals surface area contributed by atoms with Crippen LogP contribution in [0.4, 0.5) is 5.13 Å². The second-order valence-electron chi connectivity index (χ2n) is 5.71. The van der Waals surface area contributed by atoms with E-state index in [2.05, 4.69) is 4.98 Å². The Labute approximate surface area is 164 Å². The number of amides is 1. The fourth-order valence-corrected chi connectivity index (χ4v) is 4.36. The van der Waals surface area contributed by atoms with E-state index in [1.165, 1.54) is 16.2 Å². The van der Waals surface area contributed by atoms with Gasteiger partial charge in [0.25, 0.3) is 5.91 Å². The topological polar surface area (TPSA) is 66.3 Å². The molecule has 27 heavy (non-hydrogen) atoms. The number of hydrogen-bond donors (Lipinski definition) is 1. The Morgan fingerprint density at radius 2 is 1.85 bits per heavy atom. The minimum absolute atomic E-state index is 0.165. The molecule has 2 aromatic carbocycles. The van der Waals surface area contributed by atoms with Crippen molar-refractivity contribution in [1.82, 2.24) is 4.98 Å². The maximum absolute atomic E-state index is 12.8. The van der Waals surface area contributed by atoms with Crippen LogP contribution in [0, 0.1) is 5.41 Å². The van der Waals surface area contributed by atoms with Crippen molar-refractivity contribution in [3.8, 4) is 17.0 Å². The number of hydrogen-bond acceptors (Lipinski definition) is 6. The molecule has 1 saturated heterocycles. The molecule has 1 amide bonds. The lowest BCUT2D eigenvalue weighted by Crippen LogP contribution is -2.27. The molecule has 0 saturated carbocycles. The average molecular weight is 393 g/mol. The molecular weight excluding hydrogens is 378 g/mol. The van der Waals surface area contributed by atoms with Crippen molar-refractivity contribution < 1.29 is 9.53 Å². The van der Waals surface area contributed by atoms with Gasteiger partial charge in [-0.25, -0.2) is 9.88 Å². The van der Waals surface area contributed by atoms with Crippen molar-refractivity contribution in [2.75, 3.05) is 12.0 Å². The zero-order chi connectivity index (χ0) is 18.8. The summed E-state index contributed by atoms with van der Waals surface area (Å²) in [6.45, 7) is 0. The van der Waals surface area contributed by atoms with Gasteiger partial charge in [0, 0.05) is 10.9 Å². The van der Waals surface area contributed by atoms with Crippen LogP contribution >= 0.6 is 23.1 Å². The van der Waals surface area contributed by atoms with E-state index < -0.39 is 0 Å². The number of thiazole rings is 1. The number of amidine groups is 1. The number of carbonyl (C=O) groups is 1. The molecule has 0 unspecified atom stereocenters. The third kappa shape index (κ3) is 3.51. The first-order chi connectivity index (χ1) is 13.2. The van der Waals surface area contributed by atoms with Crippen molar-refractivity contribution in [1.29, 1.82) is 5.41 Å². The molecule has 1 aliphatic heterocycles. The van der Waals surface area contributed by atoms with E-state index in [1.54, 1.807) is 13.2 Å². The van der Waals surface area contributed by atoms with Gasteiger partial charge in [0.2, 0.25) is 0 Å². The molecule has 0 radical (unpaired) electrons. The zero-order valence-electron chi connectivity index (χ0n) is 14.4. The Hall–Kier alpha value is -2.90. The van der Waals surface area contributed by atoms with Crippen LogP contribution in [0.1, 0.15) is 5.56 Å². The smallest absolute Gasteiger partial charge is 0.273 e. The van der Waals surface area contributed by atoms with Crippen LogP contribution < -0.4 is 9.64 Å². The first kappa shape index (κ1) is 17.5. The molecule has 1 fully saturated rings. The van der Waals surface area contributed by atoms with Gasteiger partial charge in [-0.15, -0.1) is 11.3 Å². The second kappa shape index (κ2) is 7.38. The van der Waals surface area contributed by atoms with Crippen LogP contribution in [0.3, 0.4) is 0 Å². The minimum atomic E-state index is -0.218. The molecule has 0 atom stereocenters. The summed E-state index contributed by atoms with van der Waals surface area (Å²) in [7, 11) is 1.62. The SMILES string of the molecule is COc1ccc(-c2csc(N3C(=N)SC(=Cc4ccccc4)C3=O)n2)cc1. The number of carbonyl (C=O) groups excluding carboxylic acids is 1. The summed E-state index contributed by atoms with van der Waals surface area (Å²) in [6.07, 6.45) is 1.81. The number of thioether (sulfide) groups is 1. The molecule has 5 nitrogen and oxygen atoms in total. The molecule has 2 heterocycles. The number of rotatable bonds is 4. The summed E-state index contributed by atoms with van der Waals surface area (Å²) in [4.78, 5) is 19.2. The number of methoxy groups -OCH3 is 1. The van der Waals surface area contributed by atoms with Crippen LogP contribution in [0.5, 0.6) is 5.75 Å². The summed E-state index contributed by atoms with van der Waals surface area (Å²) >= 11 is 2.50. The van der Waals surface area contributed by atoms with Gasteiger partial charge in [-0.3, -0.25) is 10.2 Å². The maximum Gasteiger partial charge on any atom is 0.273 e. The first-order valence-electron chi connectivity index (χ1n) is 8.13. The lowest BCUT2D eigenvalue weighted by Gasteiger charge is -2.09. The first-order valence-corrected chi connectivity index (χ1v) is 9.83. The Kier molecular flexibility index (Phi) is 4.79. The Morgan fingerprint density at radius 1 is 1.11 bits per heavy atom. The highest BCUT2D eigenvalue weighted by Gasteiger charge is 2.35. The van der Waals surface area contributed by atoms with Crippen molar-refractivity contribution in [2.45, 2.75) is 0 Å². The van der Waals surface area contributed by atoms with Crippen LogP contribution in [0.25, 0.3) is 17.3 Å². The summed E-state index contributed by atoms with van der Waals surface area (Å²) < 4.78 is 5.17. The van der Waals surface area contributed by atoms with E-state index in [-0.39, 0.29) is 11.1 Å². The molecule has 0 bridgehead atoms. The highest BCUT2D eigenvalue weighted by atomic mass is 32.2. The van der Waals surface area contributed by atoms with Gasteiger partial charge in [-0.05, 0) is 47.7 Å². The van der Waals surface area contributed by atoms with E-state index in [4.69, 9.17) is 10.1 Å². The van der Waals surface area contributed by atoms with Crippen LogP contribution in [-0.4, -0.2) is 23.2 Å². The van der Waals surface area contributed by atoms with Gasteiger partial charge in [0.1, 0.15) is 5.75 Å². The van der Waals surface area contributed by atoms with Crippen molar-refractivity contribution in [3.63, 3.8) is 0 Å². The molecule has 0 aliphatic carbocycles. The Balaban J connectivity index is 1.60. The van der Waals surface area contributed by atoms with Crippen LogP contribution in [0.15, 0.2) is 64.9 Å². The molecule has 4 rings (SSSR count). The summed E-state index contributed by atoms with van der Waals surface area (Å²) in [5.41, 5.74) is 2.63. The van der Waals surface area contributed by atoms with E-state index >= 15 is 0 Å². The summed E-state index contributed by atoms with van der Waals surface area (Å²) in [6, 6.07) is 17.2. The van der Waals surface area contributed by atoms with Gasteiger partial charge >= 0.3 is 0 Å². The minimum Gasteiger partial charge on any atom is -0.497 e. The Morgan fingerprint density at radius 3 is 2.56 bits per heavy atom. The highest BCUT2D eigenvalue weighted by molar-refractivity contribution is 8.19. The monoisotopic (exact) mass is 393 g/mol. The van der Waals surface area contributed by atoms with Crippen molar-refractivity contribution in [3.05, 3.63) is 70.4 Å². The standard InChI is InChI=1S/C20H15N3O2S2/c1-25-15-9-7-14(8-10-15)16-12-26-20(22-16)23-18(24)17(27-19(23)21)11-13-5-3-2-4-6-13/h2-12,21H,1H3. The van der Waals surface area contributed by atoms with Gasteiger partial charge in [-0.1, -0.05) is 30.3 Å². The number of benzene rings is 2. The molecule has 1 N–H and O–H groups in total. The molecule has 3 aromatic rings. The quantitative estimate of drug-likeness (QED) is 0.642. The van der Waals surface area contributed by atoms with Gasteiger partial charge in [0.15, 0.2) is 10.3 Å². The molecular formula is C20H15N3O2S2. The van der Waals surface area contributed by atoms with Crippen molar-refractivity contribution >= 4 is 45.4 Å². The molecule has 1 aliphatic rings. The fourth-order valence-electron chi connectivity index (χ4n) is 2.62. The molecule has 7 heteroatoms. The third-order valence-electron chi connectivity index (χ3n) is 3.99. The number of anilines is 1. The predicted molar refractivity (Wildman–Crippen MR) is 111 cm³/mol. The maximum atomic E-state index is 12.8. The summed E-state index contributed by atoms with van der Waals surface area (Å²) in [5.74, 6) is 0.558. The summed E-state index contributed by atoms with van der Waals surface area (Å²) in [5, 5.41) is 10.8. The third-order valence-corrected chi connectivity index (χ3v) is 5.70. The van der Waals surface area contributed by atoms with E-state index in [0.717, 1.165) is 34.3 Å². The van der Waals surface area contributed by atoms with Gasteiger partial charge < -0.3 is 4.74 Å². The van der Waals surface area contributed by atoms with E-state index in [0.29, 0.717) is 10.0 Å². The zero-order valence-corrected chi connectivity index (χ0v) is 16.0. The number of aromatic nitrogens is 1. The van der Waals surface area contributed by atoms with Crippen LogP contribution in [0.2, 0.25) is 0 Å². The van der Waals surface area contributed by atoms with Gasteiger partial charge in [0.05, 0.1) is 17.7 Å². The van der Waals surface area contributed by atoms with E-state index in [1.807, 2.05) is 60.0 Å². The predicted octanol–water partition coefficient (Wildman–Crippen LogP) is 4.87. The lowest BCUT2D eigenvalue weighted by atomic mass is 10.2.